The first-order valence-corrected chi connectivity index (χ1v) is 13.1. The van der Waals surface area contributed by atoms with E-state index in [1.54, 1.807) is 31.1 Å². The molecule has 1 fully saturated rings. The van der Waals surface area contributed by atoms with Gasteiger partial charge in [0.05, 0.1) is 26.9 Å². The molecule has 4 rings (SSSR count). The Morgan fingerprint density at radius 1 is 0.975 bits per heavy atom. The summed E-state index contributed by atoms with van der Waals surface area (Å²) in [4.78, 5) is 28.9. The van der Waals surface area contributed by atoms with Crippen LogP contribution in [0, 0.1) is 5.82 Å². The van der Waals surface area contributed by atoms with E-state index in [2.05, 4.69) is 0 Å². The Labute approximate surface area is 234 Å². The van der Waals surface area contributed by atoms with Gasteiger partial charge in [-0.1, -0.05) is 36.4 Å². The van der Waals surface area contributed by atoms with Crippen LogP contribution in [-0.4, -0.2) is 67.9 Å². The van der Waals surface area contributed by atoms with Crippen molar-refractivity contribution in [1.82, 2.24) is 9.80 Å². The zero-order valence-electron chi connectivity index (χ0n) is 23.3. The molecule has 9 heteroatoms. The van der Waals surface area contributed by atoms with Gasteiger partial charge in [-0.25, -0.2) is 14.0 Å². The lowest BCUT2D eigenvalue weighted by molar-refractivity contribution is -0.157. The Bertz CT molecular complexity index is 1300. The molecule has 2 unspecified atom stereocenters. The first kappa shape index (κ1) is 28.7. The minimum Gasteiger partial charge on any atom is -0.497 e. The van der Waals surface area contributed by atoms with Crippen LogP contribution in [0.2, 0.25) is 0 Å². The topological polar surface area (TPSA) is 77.5 Å². The van der Waals surface area contributed by atoms with Gasteiger partial charge in [-0.2, -0.15) is 0 Å². The quantitative estimate of drug-likeness (QED) is 0.292. The van der Waals surface area contributed by atoms with Crippen LogP contribution in [0.3, 0.4) is 0 Å². The maximum absolute atomic E-state index is 14.2. The molecule has 0 spiro atoms. The van der Waals surface area contributed by atoms with E-state index in [-0.39, 0.29) is 24.2 Å². The first-order valence-electron chi connectivity index (χ1n) is 13.1. The van der Waals surface area contributed by atoms with Crippen molar-refractivity contribution in [1.29, 1.82) is 0 Å². The zero-order chi connectivity index (χ0) is 28.7. The Morgan fingerprint density at radius 3 is 2.27 bits per heavy atom. The Balaban J connectivity index is 1.30. The van der Waals surface area contributed by atoms with E-state index in [1.165, 1.54) is 19.2 Å². The van der Waals surface area contributed by atoms with E-state index >= 15 is 0 Å². The number of carbonyl (C=O) groups excluding carboxylic acids is 2. The molecule has 1 aliphatic rings. The van der Waals surface area contributed by atoms with Crippen molar-refractivity contribution in [3.05, 3.63) is 89.7 Å². The van der Waals surface area contributed by atoms with Crippen molar-refractivity contribution >= 4 is 12.0 Å². The molecule has 1 heterocycles. The second-order valence-corrected chi connectivity index (χ2v) is 9.99. The van der Waals surface area contributed by atoms with Gasteiger partial charge in [0, 0.05) is 33.0 Å². The van der Waals surface area contributed by atoms with Gasteiger partial charge in [-0.15, -0.1) is 0 Å². The van der Waals surface area contributed by atoms with E-state index in [0.717, 1.165) is 16.9 Å². The molecule has 0 aromatic heterocycles. The standard InChI is InChI=1S/C31H35FN2O6/c1-31(29(35)38-4,40-28-8-6-5-7-27(28)32)19-22-9-15-26(16-10-22)39-18-17-24-21-34(30(36)33(24)2)20-23-11-13-25(37-3)14-12-23/h5-16,24H,17-21H2,1-4H3. The van der Waals surface area contributed by atoms with Gasteiger partial charge in [-0.05, 0) is 54.4 Å². The largest absolute Gasteiger partial charge is 0.497 e. The number of amides is 2. The lowest BCUT2D eigenvalue weighted by Gasteiger charge is -2.28. The summed E-state index contributed by atoms with van der Waals surface area (Å²) in [5, 5.41) is 0. The van der Waals surface area contributed by atoms with Crippen molar-refractivity contribution in [2.24, 2.45) is 0 Å². The summed E-state index contributed by atoms with van der Waals surface area (Å²) in [7, 11) is 4.72. The van der Waals surface area contributed by atoms with Crippen molar-refractivity contribution in [2.45, 2.75) is 38.0 Å². The number of likely N-dealkylation sites (N-methyl/N-ethyl adjacent to an activating group) is 1. The highest BCUT2D eigenvalue weighted by Crippen LogP contribution is 2.27. The number of methoxy groups -OCH3 is 2. The number of halogens is 1. The fourth-order valence-electron chi connectivity index (χ4n) is 4.74. The first-order chi connectivity index (χ1) is 19.2. The average Bonchev–Trinajstić information content (AvgIpc) is 3.22. The summed E-state index contributed by atoms with van der Waals surface area (Å²) in [6.07, 6.45) is 0.854. The second-order valence-electron chi connectivity index (χ2n) is 9.99. The lowest BCUT2D eigenvalue weighted by atomic mass is 9.96. The number of para-hydroxylation sites is 1. The lowest BCUT2D eigenvalue weighted by Crippen LogP contribution is -2.44. The van der Waals surface area contributed by atoms with Crippen LogP contribution in [0.4, 0.5) is 9.18 Å². The molecule has 8 nitrogen and oxygen atoms in total. The van der Waals surface area contributed by atoms with Crippen molar-refractivity contribution < 1.29 is 32.9 Å². The van der Waals surface area contributed by atoms with Crippen molar-refractivity contribution in [3.8, 4) is 17.2 Å². The summed E-state index contributed by atoms with van der Waals surface area (Å²) < 4.78 is 36.1. The van der Waals surface area contributed by atoms with E-state index in [0.29, 0.717) is 31.9 Å². The maximum Gasteiger partial charge on any atom is 0.350 e. The number of esters is 1. The van der Waals surface area contributed by atoms with Gasteiger partial charge in [0.2, 0.25) is 5.60 Å². The fourth-order valence-corrected chi connectivity index (χ4v) is 4.74. The van der Waals surface area contributed by atoms with E-state index in [1.807, 2.05) is 60.5 Å². The average molecular weight is 551 g/mol. The van der Waals surface area contributed by atoms with Crippen LogP contribution in [0.5, 0.6) is 17.2 Å². The molecule has 0 bridgehead atoms. The van der Waals surface area contributed by atoms with E-state index < -0.39 is 17.4 Å². The number of ether oxygens (including phenoxy) is 4. The molecule has 2 atom stereocenters. The number of nitrogens with zero attached hydrogens (tertiary/aromatic N) is 2. The maximum atomic E-state index is 14.2. The molecular weight excluding hydrogens is 515 g/mol. The molecule has 2 amide bonds. The summed E-state index contributed by atoms with van der Waals surface area (Å²) in [5.74, 6) is 0.270. The Hall–Kier alpha value is -4.27. The zero-order valence-corrected chi connectivity index (χ0v) is 23.3. The number of carbonyl (C=O) groups is 2. The number of hydrogen-bond donors (Lipinski definition) is 0. The summed E-state index contributed by atoms with van der Waals surface area (Å²) >= 11 is 0. The predicted octanol–water partition coefficient (Wildman–Crippen LogP) is 5.09. The van der Waals surface area contributed by atoms with E-state index in [4.69, 9.17) is 18.9 Å². The van der Waals surface area contributed by atoms with Crippen molar-refractivity contribution in [3.63, 3.8) is 0 Å². The number of benzene rings is 3. The van der Waals surface area contributed by atoms with Gasteiger partial charge in [-0.3, -0.25) is 0 Å². The number of rotatable bonds is 12. The smallest absolute Gasteiger partial charge is 0.350 e. The summed E-state index contributed by atoms with van der Waals surface area (Å²) in [6, 6.07) is 21.0. The normalized spacial score (nSPS) is 16.4. The van der Waals surface area contributed by atoms with Crippen LogP contribution in [0.25, 0.3) is 0 Å². The van der Waals surface area contributed by atoms with Crippen LogP contribution >= 0.6 is 0 Å². The predicted molar refractivity (Wildman–Crippen MR) is 148 cm³/mol. The number of urea groups is 1. The molecule has 3 aromatic rings. The van der Waals surface area contributed by atoms with Crippen LogP contribution in [-0.2, 0) is 22.5 Å². The summed E-state index contributed by atoms with van der Waals surface area (Å²) in [5.41, 5.74) is 0.422. The van der Waals surface area contributed by atoms with Crippen LogP contribution in [0.15, 0.2) is 72.8 Å². The molecule has 1 aliphatic heterocycles. The molecular formula is C31H35FN2O6. The Morgan fingerprint density at radius 2 is 1.62 bits per heavy atom. The molecule has 40 heavy (non-hydrogen) atoms. The van der Waals surface area contributed by atoms with Crippen LogP contribution in [0.1, 0.15) is 24.5 Å². The summed E-state index contributed by atoms with van der Waals surface area (Å²) in [6.45, 7) is 3.18. The fraction of sp³-hybridized carbons (Fsp3) is 0.355. The highest BCUT2D eigenvalue weighted by atomic mass is 19.1. The monoisotopic (exact) mass is 550 g/mol. The van der Waals surface area contributed by atoms with Crippen LogP contribution < -0.4 is 14.2 Å². The van der Waals surface area contributed by atoms with Gasteiger partial charge in [0.25, 0.3) is 0 Å². The molecule has 212 valence electrons. The molecule has 0 N–H and O–H groups in total. The Kier molecular flexibility index (Phi) is 9.14. The SMILES string of the molecule is COC(=O)C(C)(Cc1ccc(OCCC2CN(Cc3ccc(OC)cc3)C(=O)N2C)cc1)Oc1ccccc1F. The van der Waals surface area contributed by atoms with Gasteiger partial charge < -0.3 is 28.7 Å². The molecule has 0 radical (unpaired) electrons. The van der Waals surface area contributed by atoms with Gasteiger partial charge in [0.1, 0.15) is 11.5 Å². The molecule has 0 aliphatic carbocycles. The van der Waals surface area contributed by atoms with Crippen molar-refractivity contribution in [2.75, 3.05) is 34.4 Å². The highest BCUT2D eigenvalue weighted by Gasteiger charge is 2.38. The molecule has 0 saturated carbocycles. The minimum absolute atomic E-state index is 0.00331. The van der Waals surface area contributed by atoms with Gasteiger partial charge >= 0.3 is 12.0 Å². The number of hydrogen-bond acceptors (Lipinski definition) is 6. The third kappa shape index (κ3) is 6.83. The minimum atomic E-state index is -1.42. The second kappa shape index (κ2) is 12.7. The third-order valence-corrected chi connectivity index (χ3v) is 7.06. The molecule has 1 saturated heterocycles. The highest BCUT2D eigenvalue weighted by molar-refractivity contribution is 5.80. The third-order valence-electron chi connectivity index (χ3n) is 7.06. The van der Waals surface area contributed by atoms with E-state index in [9.17, 15) is 14.0 Å². The van der Waals surface area contributed by atoms with Gasteiger partial charge in [0.15, 0.2) is 11.6 Å². The molecule has 3 aromatic carbocycles.